The monoisotopic (exact) mass is 460 g/mol. The van der Waals surface area contributed by atoms with Gasteiger partial charge >= 0.3 is 0 Å². The Labute approximate surface area is 198 Å². The van der Waals surface area contributed by atoms with Gasteiger partial charge in [0.2, 0.25) is 0 Å². The average Bonchev–Trinajstić information content (AvgIpc) is 3.50. The molecule has 0 atom stereocenters. The molecule has 1 amide bonds. The first-order valence-corrected chi connectivity index (χ1v) is 10.9. The van der Waals surface area contributed by atoms with Crippen LogP contribution in [0.4, 0.5) is 0 Å². The molecule has 0 spiro atoms. The van der Waals surface area contributed by atoms with E-state index in [4.69, 9.17) is 19.3 Å². The van der Waals surface area contributed by atoms with E-state index in [0.717, 1.165) is 22.7 Å². The van der Waals surface area contributed by atoms with Crippen molar-refractivity contribution in [1.82, 2.24) is 19.7 Å². The Balaban J connectivity index is 1.56. The molecule has 34 heavy (non-hydrogen) atoms. The number of aromatic nitrogens is 3. The first-order valence-electron chi connectivity index (χ1n) is 10.9. The zero-order valence-corrected chi connectivity index (χ0v) is 19.7. The minimum atomic E-state index is -0.204. The molecule has 0 radical (unpaired) electrons. The predicted octanol–water partition coefficient (Wildman–Crippen LogP) is 3.88. The molecule has 0 aliphatic rings. The molecule has 0 bridgehead atoms. The summed E-state index contributed by atoms with van der Waals surface area (Å²) in [5, 5.41) is 7.75. The molecule has 4 aromatic rings. The molecule has 0 saturated carbocycles. The maximum atomic E-state index is 13.2. The molecule has 0 aliphatic carbocycles. The van der Waals surface area contributed by atoms with Crippen molar-refractivity contribution in [3.05, 3.63) is 78.1 Å². The van der Waals surface area contributed by atoms with E-state index in [-0.39, 0.29) is 5.91 Å². The van der Waals surface area contributed by atoms with Gasteiger partial charge in [-0.05, 0) is 66.6 Å². The fourth-order valence-electron chi connectivity index (χ4n) is 3.76. The molecule has 0 fully saturated rings. The van der Waals surface area contributed by atoms with E-state index in [1.54, 1.807) is 26.0 Å². The SMILES string of the molecule is COc1ccc(-n2nc(-c3cccn3C)cc2C(=O)NCCc2ccc(OC)c(OC)c2)cc1. The van der Waals surface area contributed by atoms with E-state index < -0.39 is 0 Å². The summed E-state index contributed by atoms with van der Waals surface area (Å²) >= 11 is 0. The van der Waals surface area contributed by atoms with Crippen molar-refractivity contribution < 1.29 is 19.0 Å². The fraction of sp³-hybridized carbons (Fsp3) is 0.231. The van der Waals surface area contributed by atoms with Crippen LogP contribution in [0, 0.1) is 0 Å². The van der Waals surface area contributed by atoms with Gasteiger partial charge in [0, 0.05) is 19.8 Å². The van der Waals surface area contributed by atoms with Crippen LogP contribution in [0.25, 0.3) is 17.1 Å². The van der Waals surface area contributed by atoms with Crippen molar-refractivity contribution in [2.75, 3.05) is 27.9 Å². The summed E-state index contributed by atoms with van der Waals surface area (Å²) in [4.78, 5) is 13.2. The maximum absolute atomic E-state index is 13.2. The molecule has 2 aromatic carbocycles. The highest BCUT2D eigenvalue weighted by Gasteiger charge is 2.19. The van der Waals surface area contributed by atoms with Crippen LogP contribution >= 0.6 is 0 Å². The minimum absolute atomic E-state index is 0.204. The summed E-state index contributed by atoms with van der Waals surface area (Å²) in [5.41, 5.74) is 3.89. The van der Waals surface area contributed by atoms with Crippen LogP contribution in [0.5, 0.6) is 17.2 Å². The summed E-state index contributed by atoms with van der Waals surface area (Å²) in [6.07, 6.45) is 2.60. The number of hydrogen-bond acceptors (Lipinski definition) is 5. The lowest BCUT2D eigenvalue weighted by Gasteiger charge is -2.11. The molecule has 2 aromatic heterocycles. The Hall–Kier alpha value is -4.20. The van der Waals surface area contributed by atoms with Crippen molar-refractivity contribution in [2.24, 2.45) is 7.05 Å². The van der Waals surface area contributed by atoms with Gasteiger partial charge in [-0.25, -0.2) is 4.68 Å². The summed E-state index contributed by atoms with van der Waals surface area (Å²) < 4.78 is 19.5. The van der Waals surface area contributed by atoms with E-state index in [0.29, 0.717) is 35.9 Å². The molecule has 4 rings (SSSR count). The maximum Gasteiger partial charge on any atom is 0.270 e. The second-order valence-electron chi connectivity index (χ2n) is 7.72. The van der Waals surface area contributed by atoms with Crippen LogP contribution in [0.15, 0.2) is 66.9 Å². The number of nitrogens with zero attached hydrogens (tertiary/aromatic N) is 3. The summed E-state index contributed by atoms with van der Waals surface area (Å²) in [6.45, 7) is 0.460. The Morgan fingerprint density at radius 1 is 0.941 bits per heavy atom. The molecule has 8 nitrogen and oxygen atoms in total. The number of aryl methyl sites for hydroxylation is 1. The molecule has 0 aliphatic heterocycles. The van der Waals surface area contributed by atoms with Crippen LogP contribution in [0.3, 0.4) is 0 Å². The molecule has 0 unspecified atom stereocenters. The zero-order valence-electron chi connectivity index (χ0n) is 19.7. The van der Waals surface area contributed by atoms with Gasteiger partial charge in [-0.1, -0.05) is 6.07 Å². The average molecular weight is 461 g/mol. The smallest absolute Gasteiger partial charge is 0.270 e. The Bertz CT molecular complexity index is 1270. The van der Waals surface area contributed by atoms with Gasteiger partial charge in [0.15, 0.2) is 11.5 Å². The third-order valence-electron chi connectivity index (χ3n) is 5.61. The number of amides is 1. The summed E-state index contributed by atoms with van der Waals surface area (Å²) in [5.74, 6) is 1.87. The van der Waals surface area contributed by atoms with Crippen LogP contribution in [-0.4, -0.2) is 48.1 Å². The fourth-order valence-corrected chi connectivity index (χ4v) is 3.76. The second kappa shape index (κ2) is 10.2. The number of benzene rings is 2. The largest absolute Gasteiger partial charge is 0.497 e. The van der Waals surface area contributed by atoms with Crippen molar-refractivity contribution >= 4 is 5.91 Å². The first kappa shape index (κ1) is 23.0. The minimum Gasteiger partial charge on any atom is -0.497 e. The number of carbonyl (C=O) groups excluding carboxylic acids is 1. The normalized spacial score (nSPS) is 10.7. The highest BCUT2D eigenvalue weighted by atomic mass is 16.5. The Morgan fingerprint density at radius 3 is 2.35 bits per heavy atom. The van der Waals surface area contributed by atoms with Gasteiger partial charge in [-0.2, -0.15) is 5.10 Å². The van der Waals surface area contributed by atoms with E-state index in [1.807, 2.05) is 78.5 Å². The zero-order chi connectivity index (χ0) is 24.1. The van der Waals surface area contributed by atoms with Gasteiger partial charge in [-0.15, -0.1) is 0 Å². The molecule has 8 heteroatoms. The molecule has 2 heterocycles. The van der Waals surface area contributed by atoms with Crippen molar-refractivity contribution in [2.45, 2.75) is 6.42 Å². The van der Waals surface area contributed by atoms with Crippen LogP contribution in [0.2, 0.25) is 0 Å². The third kappa shape index (κ3) is 4.76. The van der Waals surface area contributed by atoms with Gasteiger partial charge in [0.1, 0.15) is 17.1 Å². The van der Waals surface area contributed by atoms with Gasteiger partial charge in [0.05, 0.1) is 32.7 Å². The van der Waals surface area contributed by atoms with E-state index in [9.17, 15) is 4.79 Å². The standard InChI is InChI=1S/C26H28N4O4/c1-29-15-5-6-22(29)21-17-23(30(28-21)19-8-10-20(32-2)11-9-19)26(31)27-14-13-18-7-12-24(33-3)25(16-18)34-4/h5-12,15-17H,13-14H2,1-4H3,(H,27,31). The third-order valence-corrected chi connectivity index (χ3v) is 5.61. The first-order chi connectivity index (χ1) is 16.5. The van der Waals surface area contributed by atoms with Crippen molar-refractivity contribution in [3.63, 3.8) is 0 Å². The summed E-state index contributed by atoms with van der Waals surface area (Å²) in [7, 11) is 6.78. The van der Waals surface area contributed by atoms with E-state index in [2.05, 4.69) is 5.32 Å². The number of ether oxygens (including phenoxy) is 3. The highest BCUT2D eigenvalue weighted by molar-refractivity contribution is 5.94. The van der Waals surface area contributed by atoms with Crippen molar-refractivity contribution in [3.8, 4) is 34.3 Å². The van der Waals surface area contributed by atoms with Crippen LogP contribution in [0.1, 0.15) is 16.1 Å². The molecular formula is C26H28N4O4. The molecule has 0 saturated heterocycles. The number of carbonyl (C=O) groups is 1. The highest BCUT2D eigenvalue weighted by Crippen LogP contribution is 2.28. The number of hydrogen-bond donors (Lipinski definition) is 1. The molecule has 1 N–H and O–H groups in total. The number of nitrogens with one attached hydrogen (secondary N) is 1. The summed E-state index contributed by atoms with van der Waals surface area (Å²) in [6, 6.07) is 18.9. The van der Waals surface area contributed by atoms with Crippen LogP contribution in [-0.2, 0) is 13.5 Å². The lowest BCUT2D eigenvalue weighted by atomic mass is 10.1. The quantitative estimate of drug-likeness (QED) is 0.410. The van der Waals surface area contributed by atoms with Crippen LogP contribution < -0.4 is 19.5 Å². The molecular weight excluding hydrogens is 432 g/mol. The van der Waals surface area contributed by atoms with Gasteiger partial charge in [-0.3, -0.25) is 4.79 Å². The second-order valence-corrected chi connectivity index (χ2v) is 7.72. The topological polar surface area (TPSA) is 79.5 Å². The number of methoxy groups -OCH3 is 3. The Morgan fingerprint density at radius 2 is 1.71 bits per heavy atom. The lowest BCUT2D eigenvalue weighted by Crippen LogP contribution is -2.27. The van der Waals surface area contributed by atoms with Gasteiger partial charge < -0.3 is 24.1 Å². The van der Waals surface area contributed by atoms with E-state index in [1.165, 1.54) is 0 Å². The molecule has 176 valence electrons. The number of rotatable bonds is 9. The van der Waals surface area contributed by atoms with Crippen molar-refractivity contribution in [1.29, 1.82) is 0 Å². The predicted molar refractivity (Wildman–Crippen MR) is 130 cm³/mol. The Kier molecular flexibility index (Phi) is 6.87. The van der Waals surface area contributed by atoms with E-state index >= 15 is 0 Å². The lowest BCUT2D eigenvalue weighted by molar-refractivity contribution is 0.0946. The van der Waals surface area contributed by atoms with Gasteiger partial charge in [0.25, 0.3) is 5.91 Å².